The van der Waals surface area contributed by atoms with Gasteiger partial charge in [0.1, 0.15) is 0 Å². The number of hydrogen-bond donors (Lipinski definition) is 1. The molecule has 0 amide bonds. The minimum absolute atomic E-state index is 0.151. The number of carboxylic acids is 1. The fourth-order valence-electron chi connectivity index (χ4n) is 3.59. The van der Waals surface area contributed by atoms with Crippen molar-refractivity contribution in [3.05, 3.63) is 59.1 Å². The second-order valence-electron chi connectivity index (χ2n) is 8.23. The number of rotatable bonds is 11. The quantitative estimate of drug-likeness (QED) is 0.431. The Bertz CT molecular complexity index is 699. The molecule has 2 atom stereocenters. The monoisotopic (exact) mass is 400 g/mol. The Morgan fingerprint density at radius 1 is 1.21 bits per heavy atom. The Kier molecular flexibility index (Phi) is 9.99. The molecule has 1 N–H and O–H groups in total. The standard InChI is InChI=1S/C25H36O4/c1-19(7-4-8-20(2)10-6-12-23-15-16-28-17-23)9-5-11-22-13-14-24(29-18-22)21(3)25(26)27/h7,10-11,15-17,21,24H,4-6,8-9,12-14,18H2,1-3H3,(H,26,27). The SMILES string of the molecule is CC(=CCCC(C)=CCCc1ccoc1)CCC=C1CCC(C(C)C(=O)O)OC1. The highest BCUT2D eigenvalue weighted by Crippen LogP contribution is 2.24. The number of ether oxygens (including phenoxy) is 1. The first kappa shape index (κ1) is 23.2. The molecule has 2 rings (SSSR count). The topological polar surface area (TPSA) is 59.7 Å². The average molecular weight is 401 g/mol. The van der Waals surface area contributed by atoms with Crippen molar-refractivity contribution in [3.8, 4) is 0 Å². The minimum atomic E-state index is -0.772. The molecule has 1 saturated heterocycles. The van der Waals surface area contributed by atoms with E-state index >= 15 is 0 Å². The van der Waals surface area contributed by atoms with Crippen molar-refractivity contribution in [3.63, 3.8) is 0 Å². The molecule has 4 nitrogen and oxygen atoms in total. The van der Waals surface area contributed by atoms with Crippen LogP contribution in [0.1, 0.15) is 71.3 Å². The third kappa shape index (κ3) is 8.86. The summed E-state index contributed by atoms with van der Waals surface area (Å²) >= 11 is 0. The lowest BCUT2D eigenvalue weighted by Gasteiger charge is -2.27. The van der Waals surface area contributed by atoms with E-state index in [1.807, 2.05) is 12.3 Å². The zero-order valence-corrected chi connectivity index (χ0v) is 18.2. The van der Waals surface area contributed by atoms with Crippen LogP contribution in [0, 0.1) is 5.92 Å². The first-order valence-electron chi connectivity index (χ1n) is 10.8. The zero-order chi connectivity index (χ0) is 21.1. The molecule has 1 fully saturated rings. The summed E-state index contributed by atoms with van der Waals surface area (Å²) in [6, 6.07) is 2.03. The molecule has 0 aromatic carbocycles. The van der Waals surface area contributed by atoms with Crippen LogP contribution in [0.2, 0.25) is 0 Å². The summed E-state index contributed by atoms with van der Waals surface area (Å²) < 4.78 is 10.8. The van der Waals surface area contributed by atoms with Crippen LogP contribution in [0.4, 0.5) is 0 Å². The van der Waals surface area contributed by atoms with E-state index in [-0.39, 0.29) is 6.10 Å². The van der Waals surface area contributed by atoms with Crippen LogP contribution in [0.5, 0.6) is 0 Å². The van der Waals surface area contributed by atoms with Gasteiger partial charge in [-0.15, -0.1) is 0 Å². The van der Waals surface area contributed by atoms with Crippen molar-refractivity contribution in [2.45, 2.75) is 78.2 Å². The fourth-order valence-corrected chi connectivity index (χ4v) is 3.59. The summed E-state index contributed by atoms with van der Waals surface area (Å²) in [5.41, 5.74) is 5.45. The Morgan fingerprint density at radius 2 is 1.93 bits per heavy atom. The van der Waals surface area contributed by atoms with Crippen molar-refractivity contribution in [2.75, 3.05) is 6.61 Å². The second-order valence-corrected chi connectivity index (χ2v) is 8.23. The molecule has 2 heterocycles. The van der Waals surface area contributed by atoms with Gasteiger partial charge in [0, 0.05) is 0 Å². The maximum atomic E-state index is 11.0. The van der Waals surface area contributed by atoms with Gasteiger partial charge >= 0.3 is 5.97 Å². The lowest BCUT2D eigenvalue weighted by molar-refractivity contribution is -0.147. The van der Waals surface area contributed by atoms with Crippen LogP contribution in [0.3, 0.4) is 0 Å². The smallest absolute Gasteiger partial charge is 0.308 e. The van der Waals surface area contributed by atoms with Crippen LogP contribution in [-0.4, -0.2) is 23.8 Å². The van der Waals surface area contributed by atoms with Gasteiger partial charge in [-0.3, -0.25) is 4.79 Å². The van der Waals surface area contributed by atoms with Crippen LogP contribution < -0.4 is 0 Å². The Balaban J connectivity index is 1.61. The van der Waals surface area contributed by atoms with Crippen molar-refractivity contribution in [1.29, 1.82) is 0 Å². The minimum Gasteiger partial charge on any atom is -0.481 e. The van der Waals surface area contributed by atoms with E-state index in [0.717, 1.165) is 51.4 Å². The lowest BCUT2D eigenvalue weighted by Crippen LogP contribution is -2.32. The number of allylic oxidation sites excluding steroid dienone is 5. The molecule has 0 radical (unpaired) electrons. The normalized spacial score (nSPS) is 20.8. The molecular weight excluding hydrogens is 364 g/mol. The Hall–Kier alpha value is -2.07. The van der Waals surface area contributed by atoms with Gasteiger partial charge in [0.2, 0.25) is 0 Å². The maximum absolute atomic E-state index is 11.0. The van der Waals surface area contributed by atoms with Gasteiger partial charge < -0.3 is 14.3 Å². The van der Waals surface area contributed by atoms with Crippen LogP contribution in [0.25, 0.3) is 0 Å². The van der Waals surface area contributed by atoms with E-state index in [0.29, 0.717) is 6.61 Å². The Morgan fingerprint density at radius 3 is 2.55 bits per heavy atom. The van der Waals surface area contributed by atoms with Gasteiger partial charge in [-0.1, -0.05) is 29.4 Å². The zero-order valence-electron chi connectivity index (χ0n) is 18.2. The van der Waals surface area contributed by atoms with Crippen molar-refractivity contribution < 1.29 is 19.1 Å². The summed E-state index contributed by atoms with van der Waals surface area (Å²) in [5, 5.41) is 9.08. The molecule has 0 saturated carbocycles. The summed E-state index contributed by atoms with van der Waals surface area (Å²) in [7, 11) is 0. The Labute approximate surface area is 175 Å². The van der Waals surface area contributed by atoms with Crippen LogP contribution >= 0.6 is 0 Å². The molecule has 0 bridgehead atoms. The van der Waals surface area contributed by atoms with Gasteiger partial charge in [0.25, 0.3) is 0 Å². The summed E-state index contributed by atoms with van der Waals surface area (Å²) in [5.74, 6) is -1.20. The highest BCUT2D eigenvalue weighted by molar-refractivity contribution is 5.70. The molecule has 1 aliphatic heterocycles. The van der Waals surface area contributed by atoms with Crippen LogP contribution in [-0.2, 0) is 16.0 Å². The van der Waals surface area contributed by atoms with Gasteiger partial charge in [-0.05, 0) is 89.3 Å². The van der Waals surface area contributed by atoms with E-state index in [2.05, 4.69) is 32.1 Å². The predicted molar refractivity (Wildman–Crippen MR) is 117 cm³/mol. The number of aliphatic carboxylic acids is 1. The van der Waals surface area contributed by atoms with Crippen LogP contribution in [0.15, 0.2) is 58.0 Å². The number of carboxylic acid groups (broad SMARTS) is 1. The molecule has 0 spiro atoms. The third-order valence-electron chi connectivity index (χ3n) is 5.69. The van der Waals surface area contributed by atoms with Crippen molar-refractivity contribution in [1.82, 2.24) is 0 Å². The molecular formula is C25H36O4. The van der Waals surface area contributed by atoms with Crippen molar-refractivity contribution in [2.24, 2.45) is 5.92 Å². The van der Waals surface area contributed by atoms with Gasteiger partial charge in [0.05, 0.1) is 31.2 Å². The molecule has 29 heavy (non-hydrogen) atoms. The molecule has 2 unspecified atom stereocenters. The van der Waals surface area contributed by atoms with Gasteiger partial charge in [-0.2, -0.15) is 0 Å². The fraction of sp³-hybridized carbons (Fsp3) is 0.560. The highest BCUT2D eigenvalue weighted by Gasteiger charge is 2.27. The van der Waals surface area contributed by atoms with E-state index in [1.165, 1.54) is 22.3 Å². The van der Waals surface area contributed by atoms with E-state index in [1.54, 1.807) is 13.2 Å². The molecule has 0 aliphatic carbocycles. The summed E-state index contributed by atoms with van der Waals surface area (Å²) in [6.45, 7) is 6.73. The summed E-state index contributed by atoms with van der Waals surface area (Å²) in [6.07, 6.45) is 18.5. The number of aryl methyl sites for hydroxylation is 1. The second kappa shape index (κ2) is 12.5. The first-order chi connectivity index (χ1) is 14.0. The first-order valence-corrected chi connectivity index (χ1v) is 10.8. The van der Waals surface area contributed by atoms with Crippen molar-refractivity contribution >= 4 is 5.97 Å². The van der Waals surface area contributed by atoms with Gasteiger partial charge in [0.15, 0.2) is 0 Å². The van der Waals surface area contributed by atoms with E-state index in [9.17, 15) is 4.79 Å². The molecule has 1 aromatic rings. The number of hydrogen-bond acceptors (Lipinski definition) is 3. The van der Waals surface area contributed by atoms with E-state index < -0.39 is 11.9 Å². The average Bonchev–Trinajstić information content (AvgIpc) is 3.21. The number of furan rings is 1. The molecule has 160 valence electrons. The maximum Gasteiger partial charge on any atom is 0.308 e. The third-order valence-corrected chi connectivity index (χ3v) is 5.69. The van der Waals surface area contributed by atoms with Gasteiger partial charge in [-0.25, -0.2) is 0 Å². The molecule has 4 heteroatoms. The van der Waals surface area contributed by atoms with E-state index in [4.69, 9.17) is 14.3 Å². The predicted octanol–water partition coefficient (Wildman–Crippen LogP) is 6.49. The lowest BCUT2D eigenvalue weighted by atomic mass is 9.94. The highest BCUT2D eigenvalue weighted by atomic mass is 16.5. The largest absolute Gasteiger partial charge is 0.481 e. The summed E-state index contributed by atoms with van der Waals surface area (Å²) in [4.78, 5) is 11.0. The molecule has 1 aromatic heterocycles. The number of carbonyl (C=O) groups is 1. The molecule has 1 aliphatic rings.